The minimum atomic E-state index is -0.747. The summed E-state index contributed by atoms with van der Waals surface area (Å²) in [4.78, 5) is 0. The average Bonchev–Trinajstić information content (AvgIpc) is 2.42. The SMILES string of the molecule is OC12C=CC(C=C1)c1ccccc1C2. The topological polar surface area (TPSA) is 20.2 Å². The van der Waals surface area contributed by atoms with E-state index in [1.54, 1.807) is 0 Å². The van der Waals surface area contributed by atoms with Crippen molar-refractivity contribution in [2.75, 3.05) is 0 Å². The molecule has 0 fully saturated rings. The molecule has 0 amide bonds. The van der Waals surface area contributed by atoms with Gasteiger partial charge in [0.2, 0.25) is 0 Å². The quantitative estimate of drug-likeness (QED) is 0.613. The normalized spacial score (nSPS) is 32.8. The van der Waals surface area contributed by atoms with Gasteiger partial charge in [-0.2, -0.15) is 0 Å². The molecule has 1 N–H and O–H groups in total. The molecule has 0 saturated carbocycles. The molecule has 1 aromatic carbocycles. The van der Waals surface area contributed by atoms with Gasteiger partial charge in [-0.25, -0.2) is 0 Å². The van der Waals surface area contributed by atoms with Crippen LogP contribution in [0.3, 0.4) is 0 Å². The molecule has 14 heavy (non-hydrogen) atoms. The summed E-state index contributed by atoms with van der Waals surface area (Å²) >= 11 is 0. The fourth-order valence-electron chi connectivity index (χ4n) is 2.31. The number of rotatable bonds is 0. The van der Waals surface area contributed by atoms with E-state index < -0.39 is 5.60 Å². The van der Waals surface area contributed by atoms with Gasteiger partial charge in [-0.15, -0.1) is 0 Å². The fourth-order valence-corrected chi connectivity index (χ4v) is 2.31. The molecule has 0 radical (unpaired) electrons. The zero-order valence-electron chi connectivity index (χ0n) is 7.85. The largest absolute Gasteiger partial charge is 0.381 e. The summed E-state index contributed by atoms with van der Waals surface area (Å²) in [5.74, 6) is 0.356. The lowest BCUT2D eigenvalue weighted by Crippen LogP contribution is -2.25. The van der Waals surface area contributed by atoms with Gasteiger partial charge in [0.1, 0.15) is 5.60 Å². The van der Waals surface area contributed by atoms with Crippen LogP contribution < -0.4 is 0 Å². The van der Waals surface area contributed by atoms with Crippen molar-refractivity contribution in [1.29, 1.82) is 0 Å². The third-order valence-electron chi connectivity index (χ3n) is 3.07. The molecule has 1 heteroatoms. The van der Waals surface area contributed by atoms with Crippen LogP contribution in [0.5, 0.6) is 0 Å². The maximum absolute atomic E-state index is 10.2. The highest BCUT2D eigenvalue weighted by Gasteiger charge is 2.30. The first kappa shape index (κ1) is 8.01. The first-order valence-electron chi connectivity index (χ1n) is 4.96. The van der Waals surface area contributed by atoms with E-state index in [0.29, 0.717) is 12.3 Å². The van der Waals surface area contributed by atoms with Gasteiger partial charge in [0, 0.05) is 12.3 Å². The summed E-state index contributed by atoms with van der Waals surface area (Å²) in [6.45, 7) is 0. The molecule has 4 rings (SSSR count). The molecule has 0 aliphatic heterocycles. The van der Waals surface area contributed by atoms with Crippen LogP contribution in [0.4, 0.5) is 0 Å². The lowest BCUT2D eigenvalue weighted by molar-refractivity contribution is 0.142. The third-order valence-corrected chi connectivity index (χ3v) is 3.07. The molecular formula is C13H12O. The molecule has 2 bridgehead atoms. The Morgan fingerprint density at radius 2 is 1.86 bits per heavy atom. The van der Waals surface area contributed by atoms with E-state index >= 15 is 0 Å². The monoisotopic (exact) mass is 184 g/mol. The summed E-state index contributed by atoms with van der Waals surface area (Å²) in [5, 5.41) is 10.2. The summed E-state index contributed by atoms with van der Waals surface area (Å²) in [6, 6.07) is 8.34. The Hall–Kier alpha value is -1.34. The highest BCUT2D eigenvalue weighted by molar-refractivity contribution is 5.45. The standard InChI is InChI=1S/C13H12O/c14-13-7-5-10(6-8-13)12-4-2-1-3-11(12)9-13/h1-8,10,14H,9H2. The summed E-state index contributed by atoms with van der Waals surface area (Å²) in [5.41, 5.74) is 1.84. The van der Waals surface area contributed by atoms with Crippen LogP contribution in [0.1, 0.15) is 17.0 Å². The molecule has 3 aliphatic rings. The molecular weight excluding hydrogens is 172 g/mol. The van der Waals surface area contributed by atoms with Crippen molar-refractivity contribution in [2.24, 2.45) is 0 Å². The van der Waals surface area contributed by atoms with Crippen molar-refractivity contribution in [3.8, 4) is 0 Å². The van der Waals surface area contributed by atoms with Gasteiger partial charge in [-0.3, -0.25) is 0 Å². The fraction of sp³-hybridized carbons (Fsp3) is 0.231. The van der Waals surface area contributed by atoms with Gasteiger partial charge >= 0.3 is 0 Å². The van der Waals surface area contributed by atoms with Crippen LogP contribution in [0.2, 0.25) is 0 Å². The van der Waals surface area contributed by atoms with Crippen LogP contribution in [0.25, 0.3) is 0 Å². The van der Waals surface area contributed by atoms with Gasteiger partial charge < -0.3 is 5.11 Å². The van der Waals surface area contributed by atoms with Gasteiger partial charge in [0.15, 0.2) is 0 Å². The van der Waals surface area contributed by atoms with Crippen molar-refractivity contribution >= 4 is 0 Å². The first-order valence-corrected chi connectivity index (χ1v) is 4.96. The minimum Gasteiger partial charge on any atom is -0.381 e. The van der Waals surface area contributed by atoms with Crippen LogP contribution in [0.15, 0.2) is 48.6 Å². The van der Waals surface area contributed by atoms with E-state index in [4.69, 9.17) is 0 Å². The Morgan fingerprint density at radius 1 is 1.14 bits per heavy atom. The molecule has 1 nitrogen and oxygen atoms in total. The zero-order chi connectivity index (χ0) is 9.60. The van der Waals surface area contributed by atoms with Crippen molar-refractivity contribution in [3.63, 3.8) is 0 Å². The van der Waals surface area contributed by atoms with Crippen molar-refractivity contribution in [2.45, 2.75) is 17.9 Å². The number of benzene rings is 1. The van der Waals surface area contributed by atoms with Crippen LogP contribution in [-0.4, -0.2) is 10.7 Å². The Bertz CT molecular complexity index is 415. The second-order valence-corrected chi connectivity index (χ2v) is 4.11. The first-order chi connectivity index (χ1) is 6.77. The summed E-state index contributed by atoms with van der Waals surface area (Å²) in [6.07, 6.45) is 8.71. The predicted octanol–water partition coefficient (Wildman–Crippen LogP) is 2.18. The Morgan fingerprint density at radius 3 is 2.64 bits per heavy atom. The van der Waals surface area contributed by atoms with E-state index in [9.17, 15) is 5.11 Å². The minimum absolute atomic E-state index is 0.356. The van der Waals surface area contributed by atoms with Crippen molar-refractivity contribution in [1.82, 2.24) is 0 Å². The summed E-state index contributed by atoms with van der Waals surface area (Å²) < 4.78 is 0. The lowest BCUT2D eigenvalue weighted by Gasteiger charge is -2.20. The van der Waals surface area contributed by atoms with Gasteiger partial charge in [-0.1, -0.05) is 48.6 Å². The van der Waals surface area contributed by atoms with Crippen LogP contribution in [-0.2, 0) is 6.42 Å². The molecule has 1 aromatic rings. The Kier molecular flexibility index (Phi) is 1.48. The molecule has 3 aliphatic carbocycles. The van der Waals surface area contributed by atoms with E-state index in [0.717, 1.165) is 0 Å². The van der Waals surface area contributed by atoms with Gasteiger partial charge in [0.05, 0.1) is 0 Å². The third kappa shape index (κ3) is 1.06. The van der Waals surface area contributed by atoms with Crippen LogP contribution >= 0.6 is 0 Å². The molecule has 0 atom stereocenters. The van der Waals surface area contributed by atoms with E-state index in [1.165, 1.54) is 11.1 Å². The molecule has 70 valence electrons. The average molecular weight is 184 g/mol. The predicted molar refractivity (Wildman–Crippen MR) is 56.1 cm³/mol. The van der Waals surface area contributed by atoms with Gasteiger partial charge in [0.25, 0.3) is 0 Å². The van der Waals surface area contributed by atoms with Crippen molar-refractivity contribution in [3.05, 3.63) is 59.7 Å². The molecule has 0 saturated heterocycles. The maximum atomic E-state index is 10.2. The van der Waals surface area contributed by atoms with Crippen molar-refractivity contribution < 1.29 is 5.11 Å². The Balaban J connectivity index is 2.22. The zero-order valence-corrected chi connectivity index (χ0v) is 7.85. The highest BCUT2D eigenvalue weighted by atomic mass is 16.3. The molecule has 0 spiro atoms. The number of hydrogen-bond acceptors (Lipinski definition) is 1. The smallest absolute Gasteiger partial charge is 0.105 e. The molecule has 0 unspecified atom stereocenters. The van der Waals surface area contributed by atoms with E-state index in [-0.39, 0.29) is 0 Å². The molecule has 0 aromatic heterocycles. The second-order valence-electron chi connectivity index (χ2n) is 4.11. The van der Waals surface area contributed by atoms with E-state index in [1.807, 2.05) is 18.2 Å². The second kappa shape index (κ2) is 2.58. The lowest BCUT2D eigenvalue weighted by atomic mass is 9.93. The highest BCUT2D eigenvalue weighted by Crippen LogP contribution is 2.35. The Labute approximate surface area is 83.4 Å². The maximum Gasteiger partial charge on any atom is 0.105 e. The number of hydrogen-bond donors (Lipinski definition) is 1. The number of aliphatic hydroxyl groups is 1. The van der Waals surface area contributed by atoms with Gasteiger partial charge in [-0.05, 0) is 11.1 Å². The molecule has 0 heterocycles. The van der Waals surface area contributed by atoms with Crippen LogP contribution in [0, 0.1) is 0 Å². The van der Waals surface area contributed by atoms with E-state index in [2.05, 4.69) is 30.4 Å². The summed E-state index contributed by atoms with van der Waals surface area (Å²) in [7, 11) is 0. The number of allylic oxidation sites excluding steroid dienone is 2.